The number of ether oxygens (including phenoxy) is 1. The number of carbonyl (C=O) groups is 1. The Labute approximate surface area is 191 Å². The van der Waals surface area contributed by atoms with Gasteiger partial charge < -0.3 is 9.64 Å². The zero-order chi connectivity index (χ0) is 21.9. The highest BCUT2D eigenvalue weighted by Crippen LogP contribution is 2.24. The third kappa shape index (κ3) is 4.49. The Bertz CT molecular complexity index is 1280. The van der Waals surface area contributed by atoms with Gasteiger partial charge in [-0.3, -0.25) is 14.8 Å². The molecule has 1 amide bonds. The molecule has 1 atom stereocenters. The Hall–Kier alpha value is -3.28. The summed E-state index contributed by atoms with van der Waals surface area (Å²) in [5, 5.41) is 1.67. The predicted molar refractivity (Wildman–Crippen MR) is 125 cm³/mol. The molecule has 1 saturated heterocycles. The predicted octanol–water partition coefficient (Wildman–Crippen LogP) is 5.09. The topological polar surface area (TPSA) is 55.3 Å². The molecule has 3 heterocycles. The normalized spacial score (nSPS) is 16.3. The van der Waals surface area contributed by atoms with Crippen LogP contribution in [0.1, 0.15) is 33.4 Å². The summed E-state index contributed by atoms with van der Waals surface area (Å²) < 4.78 is 5.99. The van der Waals surface area contributed by atoms with E-state index in [1.165, 1.54) is 0 Å². The van der Waals surface area contributed by atoms with Gasteiger partial charge in [-0.05, 0) is 54.1 Å². The molecule has 0 spiro atoms. The second kappa shape index (κ2) is 9.07. The number of morpholine rings is 1. The van der Waals surface area contributed by atoms with Crippen LogP contribution in [0, 0.1) is 0 Å². The summed E-state index contributed by atoms with van der Waals surface area (Å²) in [7, 11) is 0. The van der Waals surface area contributed by atoms with E-state index in [0.29, 0.717) is 36.7 Å². The molecule has 2 aromatic heterocycles. The summed E-state index contributed by atoms with van der Waals surface area (Å²) in [5.74, 6) is -0.000801. The van der Waals surface area contributed by atoms with Crippen molar-refractivity contribution in [2.75, 3.05) is 19.7 Å². The van der Waals surface area contributed by atoms with Crippen LogP contribution in [0.2, 0.25) is 5.02 Å². The zero-order valence-corrected chi connectivity index (χ0v) is 18.2. The number of hydrogen-bond acceptors (Lipinski definition) is 4. The standard InChI is InChI=1S/C26H22ClN3O2/c27-21-6-1-4-18(14-21)15-22-7-2-8-24(29-22)25-17-30(12-13-32-25)26(31)20-9-10-23-19(16-20)5-3-11-28-23/h1-11,14,16,25H,12-13,15,17H2/t25-/m0/s1. The lowest BCUT2D eigenvalue weighted by Crippen LogP contribution is -2.42. The number of benzene rings is 2. The third-order valence-electron chi connectivity index (χ3n) is 5.64. The first-order valence-corrected chi connectivity index (χ1v) is 11.0. The minimum atomic E-state index is -0.255. The molecule has 32 heavy (non-hydrogen) atoms. The molecule has 1 fully saturated rings. The van der Waals surface area contributed by atoms with Crippen molar-refractivity contribution in [3.63, 3.8) is 0 Å². The lowest BCUT2D eigenvalue weighted by molar-refractivity contribution is -0.0247. The molecule has 0 unspecified atom stereocenters. The van der Waals surface area contributed by atoms with Crippen LogP contribution in [0.25, 0.3) is 10.9 Å². The van der Waals surface area contributed by atoms with E-state index < -0.39 is 0 Å². The molecule has 0 aliphatic carbocycles. The average molecular weight is 444 g/mol. The molecule has 1 aliphatic rings. The summed E-state index contributed by atoms with van der Waals surface area (Å²) in [5.41, 5.74) is 4.43. The van der Waals surface area contributed by atoms with E-state index in [1.54, 1.807) is 6.20 Å². The van der Waals surface area contributed by atoms with Gasteiger partial charge in [-0.2, -0.15) is 0 Å². The van der Waals surface area contributed by atoms with Gasteiger partial charge in [0.05, 0.1) is 24.4 Å². The number of pyridine rings is 2. The molecule has 5 nitrogen and oxygen atoms in total. The van der Waals surface area contributed by atoms with Crippen LogP contribution in [-0.4, -0.2) is 40.5 Å². The van der Waals surface area contributed by atoms with Crippen molar-refractivity contribution < 1.29 is 9.53 Å². The first-order valence-electron chi connectivity index (χ1n) is 10.6. The fraction of sp³-hybridized carbons (Fsp3) is 0.192. The Kier molecular flexibility index (Phi) is 5.84. The fourth-order valence-electron chi connectivity index (χ4n) is 4.04. The van der Waals surface area contributed by atoms with E-state index in [9.17, 15) is 4.79 Å². The first kappa shape index (κ1) is 20.6. The zero-order valence-electron chi connectivity index (χ0n) is 17.4. The van der Waals surface area contributed by atoms with Crippen LogP contribution < -0.4 is 0 Å². The van der Waals surface area contributed by atoms with Crippen LogP contribution in [0.4, 0.5) is 0 Å². The molecule has 160 valence electrons. The van der Waals surface area contributed by atoms with E-state index in [2.05, 4.69) is 4.98 Å². The Morgan fingerprint density at radius 3 is 2.88 bits per heavy atom. The minimum Gasteiger partial charge on any atom is -0.368 e. The van der Waals surface area contributed by atoms with Crippen molar-refractivity contribution in [1.82, 2.24) is 14.9 Å². The van der Waals surface area contributed by atoms with E-state index in [1.807, 2.05) is 77.7 Å². The lowest BCUT2D eigenvalue weighted by Gasteiger charge is -2.33. The van der Waals surface area contributed by atoms with Gasteiger partial charge in [0.1, 0.15) is 6.10 Å². The summed E-state index contributed by atoms with van der Waals surface area (Å²) in [4.78, 5) is 24.2. The molecule has 0 radical (unpaired) electrons. The number of aromatic nitrogens is 2. The number of carbonyl (C=O) groups excluding carboxylic acids is 1. The van der Waals surface area contributed by atoms with E-state index in [0.717, 1.165) is 27.9 Å². The van der Waals surface area contributed by atoms with Crippen molar-refractivity contribution in [2.45, 2.75) is 12.5 Å². The van der Waals surface area contributed by atoms with Crippen molar-refractivity contribution in [3.05, 3.63) is 107 Å². The Morgan fingerprint density at radius 2 is 1.97 bits per heavy atom. The summed E-state index contributed by atoms with van der Waals surface area (Å²) in [6, 6.07) is 23.2. The number of fused-ring (bicyclic) bond motifs is 1. The van der Waals surface area contributed by atoms with E-state index in [-0.39, 0.29) is 12.0 Å². The van der Waals surface area contributed by atoms with Crippen molar-refractivity contribution in [1.29, 1.82) is 0 Å². The molecule has 0 N–H and O–H groups in total. The highest BCUT2D eigenvalue weighted by molar-refractivity contribution is 6.30. The third-order valence-corrected chi connectivity index (χ3v) is 5.87. The van der Waals surface area contributed by atoms with Gasteiger partial charge in [0, 0.05) is 40.8 Å². The molecule has 1 aliphatic heterocycles. The van der Waals surface area contributed by atoms with Crippen LogP contribution in [-0.2, 0) is 11.2 Å². The number of amides is 1. The number of rotatable bonds is 4. The second-order valence-electron chi connectivity index (χ2n) is 7.88. The number of nitrogens with zero attached hydrogens (tertiary/aromatic N) is 3. The van der Waals surface area contributed by atoms with Crippen LogP contribution in [0.3, 0.4) is 0 Å². The molecular formula is C26H22ClN3O2. The summed E-state index contributed by atoms with van der Waals surface area (Å²) in [6.07, 6.45) is 2.19. The van der Waals surface area contributed by atoms with Gasteiger partial charge in [-0.15, -0.1) is 0 Å². The maximum atomic E-state index is 13.2. The quantitative estimate of drug-likeness (QED) is 0.441. The van der Waals surface area contributed by atoms with Crippen molar-refractivity contribution >= 4 is 28.4 Å². The minimum absolute atomic E-state index is 0.000801. The van der Waals surface area contributed by atoms with Crippen molar-refractivity contribution in [2.24, 2.45) is 0 Å². The van der Waals surface area contributed by atoms with Crippen LogP contribution >= 0.6 is 11.6 Å². The fourth-order valence-corrected chi connectivity index (χ4v) is 4.25. The maximum absolute atomic E-state index is 13.2. The second-order valence-corrected chi connectivity index (χ2v) is 8.32. The van der Waals surface area contributed by atoms with Gasteiger partial charge in [0.2, 0.25) is 0 Å². The molecule has 4 aromatic rings. The van der Waals surface area contributed by atoms with Gasteiger partial charge in [-0.1, -0.05) is 35.9 Å². The van der Waals surface area contributed by atoms with Gasteiger partial charge in [-0.25, -0.2) is 0 Å². The molecule has 5 rings (SSSR count). The summed E-state index contributed by atoms with van der Waals surface area (Å²) >= 11 is 6.11. The van der Waals surface area contributed by atoms with Crippen molar-refractivity contribution in [3.8, 4) is 0 Å². The monoisotopic (exact) mass is 443 g/mol. The lowest BCUT2D eigenvalue weighted by atomic mass is 10.1. The average Bonchev–Trinajstić information content (AvgIpc) is 2.83. The molecular weight excluding hydrogens is 422 g/mol. The molecule has 6 heteroatoms. The van der Waals surface area contributed by atoms with Crippen LogP contribution in [0.5, 0.6) is 0 Å². The highest BCUT2D eigenvalue weighted by Gasteiger charge is 2.27. The molecule has 0 saturated carbocycles. The van der Waals surface area contributed by atoms with Crippen LogP contribution in [0.15, 0.2) is 79.0 Å². The van der Waals surface area contributed by atoms with Gasteiger partial charge in [0.25, 0.3) is 5.91 Å². The smallest absolute Gasteiger partial charge is 0.254 e. The maximum Gasteiger partial charge on any atom is 0.254 e. The van der Waals surface area contributed by atoms with Gasteiger partial charge in [0.15, 0.2) is 0 Å². The Morgan fingerprint density at radius 1 is 1.06 bits per heavy atom. The first-order chi connectivity index (χ1) is 15.7. The molecule has 2 aromatic carbocycles. The Balaban J connectivity index is 1.32. The number of hydrogen-bond donors (Lipinski definition) is 0. The molecule has 0 bridgehead atoms. The van der Waals surface area contributed by atoms with E-state index >= 15 is 0 Å². The number of halogens is 1. The van der Waals surface area contributed by atoms with E-state index in [4.69, 9.17) is 21.3 Å². The van der Waals surface area contributed by atoms with Gasteiger partial charge >= 0.3 is 0 Å². The highest BCUT2D eigenvalue weighted by atomic mass is 35.5. The summed E-state index contributed by atoms with van der Waals surface area (Å²) in [6.45, 7) is 1.51. The SMILES string of the molecule is O=C(c1ccc2ncccc2c1)N1CCO[C@H](c2cccc(Cc3cccc(Cl)c3)n2)C1. The largest absolute Gasteiger partial charge is 0.368 e.